The molecule has 0 saturated carbocycles. The summed E-state index contributed by atoms with van der Waals surface area (Å²) in [5.41, 5.74) is 11.7. The van der Waals surface area contributed by atoms with E-state index >= 15 is 0 Å². The number of anilines is 3. The van der Waals surface area contributed by atoms with Gasteiger partial charge >= 0.3 is 0 Å². The highest BCUT2D eigenvalue weighted by Crippen LogP contribution is 2.45. The van der Waals surface area contributed by atoms with Gasteiger partial charge in [0, 0.05) is 37.2 Å². The van der Waals surface area contributed by atoms with E-state index in [1.165, 1.54) is 91.8 Å². The highest BCUT2D eigenvalue weighted by molar-refractivity contribution is 7.26. The van der Waals surface area contributed by atoms with Gasteiger partial charge in [0.25, 0.3) is 0 Å². The molecule has 8 aromatic carbocycles. The van der Waals surface area contributed by atoms with E-state index in [9.17, 15) is 0 Å². The molecule has 0 amide bonds. The Labute approximate surface area is 322 Å². The van der Waals surface area contributed by atoms with Crippen LogP contribution in [-0.4, -0.2) is 16.1 Å². The summed E-state index contributed by atoms with van der Waals surface area (Å²) in [6.07, 6.45) is 0. The molecule has 1 aromatic heterocycles. The summed E-state index contributed by atoms with van der Waals surface area (Å²) in [6.45, 7) is 10.1. The van der Waals surface area contributed by atoms with Gasteiger partial charge in [-0.2, -0.15) is 0 Å². The predicted molar refractivity (Wildman–Crippen MR) is 241 cm³/mol. The van der Waals surface area contributed by atoms with E-state index in [1.54, 1.807) is 10.4 Å². The van der Waals surface area contributed by atoms with Crippen LogP contribution in [-0.2, 0) is 0 Å². The molecule has 0 aliphatic carbocycles. The van der Waals surface area contributed by atoms with Crippen LogP contribution in [0.15, 0.2) is 164 Å². The summed E-state index contributed by atoms with van der Waals surface area (Å²) in [5.74, 6) is 0. The minimum Gasteiger partial charge on any atom is -0.310 e. The van der Waals surface area contributed by atoms with Crippen molar-refractivity contribution in [3.63, 3.8) is 0 Å². The summed E-state index contributed by atoms with van der Waals surface area (Å²) in [7, 11) is -3.79. The van der Waals surface area contributed by atoms with Crippen LogP contribution < -0.4 is 25.6 Å². The van der Waals surface area contributed by atoms with Crippen molar-refractivity contribution in [3.8, 4) is 33.4 Å². The molecule has 54 heavy (non-hydrogen) atoms. The Morgan fingerprint density at radius 2 is 1.06 bits per heavy atom. The lowest BCUT2D eigenvalue weighted by atomic mass is 9.98. The first-order valence-corrected chi connectivity index (χ1v) is 25.8. The molecule has 0 bridgehead atoms. The zero-order chi connectivity index (χ0) is 36.3. The Balaban J connectivity index is 1.09. The Kier molecular flexibility index (Phi) is 6.80. The van der Waals surface area contributed by atoms with Gasteiger partial charge < -0.3 is 4.90 Å². The summed E-state index contributed by atoms with van der Waals surface area (Å²) >= 11 is 1.92. The molecule has 2 aliphatic heterocycles. The molecule has 0 N–H and O–H groups in total. The molecule has 9 aromatic rings. The molecular formula is C50H39NSSi2. The van der Waals surface area contributed by atoms with Gasteiger partial charge in [0.05, 0.1) is 0 Å². The topological polar surface area (TPSA) is 3.24 Å². The molecule has 0 unspecified atom stereocenters. The van der Waals surface area contributed by atoms with Crippen molar-refractivity contribution in [3.05, 3.63) is 164 Å². The molecule has 11 rings (SSSR count). The second kappa shape index (κ2) is 11.5. The van der Waals surface area contributed by atoms with Gasteiger partial charge in [-0.05, 0) is 119 Å². The van der Waals surface area contributed by atoms with Crippen molar-refractivity contribution in [1.82, 2.24) is 0 Å². The van der Waals surface area contributed by atoms with Crippen molar-refractivity contribution < 1.29 is 0 Å². The van der Waals surface area contributed by atoms with Crippen LogP contribution in [0.1, 0.15) is 0 Å². The van der Waals surface area contributed by atoms with Crippen LogP contribution in [0.2, 0.25) is 26.2 Å². The van der Waals surface area contributed by atoms with Gasteiger partial charge in [-0.15, -0.1) is 11.3 Å². The summed E-state index contributed by atoms with van der Waals surface area (Å²) in [6, 6.07) is 62.2. The molecule has 258 valence electrons. The molecule has 0 fully saturated rings. The average Bonchev–Trinajstić information content (AvgIpc) is 3.77. The first kappa shape index (κ1) is 32.0. The van der Waals surface area contributed by atoms with Crippen LogP contribution in [0.5, 0.6) is 0 Å². The number of hydrogen-bond acceptors (Lipinski definition) is 2. The van der Waals surface area contributed by atoms with Crippen LogP contribution in [0, 0.1) is 0 Å². The molecular weight excluding hydrogens is 703 g/mol. The fourth-order valence-electron chi connectivity index (χ4n) is 9.64. The van der Waals surface area contributed by atoms with Gasteiger partial charge in [0.1, 0.15) is 16.1 Å². The lowest BCUT2D eigenvalue weighted by Gasteiger charge is -2.28. The van der Waals surface area contributed by atoms with Crippen molar-refractivity contribution in [2.24, 2.45) is 0 Å². The number of hydrogen-bond donors (Lipinski definition) is 0. The Bertz CT molecular complexity index is 3010. The highest BCUT2D eigenvalue weighted by Gasteiger charge is 2.40. The first-order chi connectivity index (χ1) is 26.3. The van der Waals surface area contributed by atoms with Crippen molar-refractivity contribution in [1.29, 1.82) is 0 Å². The van der Waals surface area contributed by atoms with Crippen molar-refractivity contribution in [2.45, 2.75) is 26.2 Å². The second-order valence-electron chi connectivity index (χ2n) is 16.2. The van der Waals surface area contributed by atoms with Gasteiger partial charge in [-0.25, -0.2) is 0 Å². The van der Waals surface area contributed by atoms with Crippen LogP contribution >= 0.6 is 11.3 Å². The van der Waals surface area contributed by atoms with E-state index in [2.05, 4.69) is 195 Å². The summed E-state index contributed by atoms with van der Waals surface area (Å²) in [5, 5.41) is 11.5. The lowest BCUT2D eigenvalue weighted by molar-refractivity contribution is 1.29. The summed E-state index contributed by atoms with van der Waals surface area (Å²) in [4.78, 5) is 2.50. The molecule has 3 heterocycles. The fraction of sp³-hybridized carbons (Fsp3) is 0.0800. The maximum atomic E-state index is 2.55. The average molecular weight is 742 g/mol. The first-order valence-electron chi connectivity index (χ1n) is 19.0. The normalized spacial score (nSPS) is 14.6. The molecule has 2 aliphatic rings. The number of rotatable bonds is 4. The second-order valence-corrected chi connectivity index (χ2v) is 25.9. The van der Waals surface area contributed by atoms with E-state index in [0.29, 0.717) is 0 Å². The smallest absolute Gasteiger partial charge is 0.113 e. The van der Waals surface area contributed by atoms with Crippen LogP contribution in [0.3, 0.4) is 0 Å². The number of nitrogens with zero attached hydrogens (tertiary/aromatic N) is 1. The van der Waals surface area contributed by atoms with Crippen LogP contribution in [0.25, 0.3) is 64.3 Å². The van der Waals surface area contributed by atoms with Gasteiger partial charge in [0.15, 0.2) is 0 Å². The largest absolute Gasteiger partial charge is 0.310 e. The maximum absolute atomic E-state index is 2.55. The van der Waals surface area contributed by atoms with E-state index in [4.69, 9.17) is 0 Å². The zero-order valence-electron chi connectivity index (χ0n) is 30.9. The zero-order valence-corrected chi connectivity index (χ0v) is 33.8. The van der Waals surface area contributed by atoms with E-state index in [1.807, 2.05) is 11.3 Å². The van der Waals surface area contributed by atoms with Gasteiger partial charge in [-0.3, -0.25) is 0 Å². The predicted octanol–water partition coefficient (Wildman–Crippen LogP) is 12.0. The van der Waals surface area contributed by atoms with E-state index in [-0.39, 0.29) is 0 Å². The summed E-state index contributed by atoms with van der Waals surface area (Å²) < 4.78 is 2.75. The van der Waals surface area contributed by atoms with Crippen LogP contribution in [0.4, 0.5) is 17.1 Å². The monoisotopic (exact) mass is 741 g/mol. The lowest BCUT2D eigenvalue weighted by Crippen LogP contribution is -2.49. The SMILES string of the molecule is C[Si]1(C)c2ccccc2-c2cc(N(c3ccc(-c4ccc5ccccc5c4)cc3)c3ccc4c(c3)[Si](C)(C)c3ccc5sc6ccccc6c5c3-4)ccc21. The van der Waals surface area contributed by atoms with Gasteiger partial charge in [0.2, 0.25) is 0 Å². The third kappa shape index (κ3) is 4.54. The minimum atomic E-state index is -2.01. The van der Waals surface area contributed by atoms with Crippen molar-refractivity contribution >= 4 is 96.2 Å². The Hall–Kier alpha value is -5.53. The number of benzene rings is 8. The minimum absolute atomic E-state index is 1.17. The third-order valence-corrected chi connectivity index (χ3v) is 20.7. The molecule has 4 heteroatoms. The van der Waals surface area contributed by atoms with Crippen molar-refractivity contribution in [2.75, 3.05) is 4.90 Å². The molecule has 0 spiro atoms. The Morgan fingerprint density at radius 1 is 0.407 bits per heavy atom. The highest BCUT2D eigenvalue weighted by atomic mass is 32.1. The quantitative estimate of drug-likeness (QED) is 0.162. The number of fused-ring (bicyclic) bond motifs is 11. The standard InChI is InChI=1S/C50H39NSSi2/c1-53(2)45-16-10-8-13-39(45)42-30-37(24-27-46(42)53)51(36-21-19-33(20-22-36)35-18-17-32-11-5-6-12-34(32)29-35)38-23-25-41-48(31-38)54(3,4)47-28-26-44-49(50(41)47)40-14-7-9-15-43(40)52-44/h5-31H,1-4H3. The van der Waals surface area contributed by atoms with E-state index in [0.717, 1.165) is 0 Å². The van der Waals surface area contributed by atoms with E-state index < -0.39 is 16.1 Å². The fourth-order valence-corrected chi connectivity index (χ4v) is 16.9. The molecule has 0 atom stereocenters. The molecule has 0 saturated heterocycles. The van der Waals surface area contributed by atoms with Gasteiger partial charge in [-0.1, -0.05) is 135 Å². The Morgan fingerprint density at radius 3 is 1.93 bits per heavy atom. The third-order valence-electron chi connectivity index (χ3n) is 12.5. The maximum Gasteiger partial charge on any atom is 0.113 e. The molecule has 1 nitrogen and oxygen atoms in total. The molecule has 0 radical (unpaired) electrons. The number of thiophene rings is 1.